The van der Waals surface area contributed by atoms with Crippen molar-refractivity contribution in [2.75, 3.05) is 13.1 Å². The molecule has 0 aliphatic carbocycles. The summed E-state index contributed by atoms with van der Waals surface area (Å²) in [7, 11) is 0. The van der Waals surface area contributed by atoms with Crippen LogP contribution in [-0.4, -0.2) is 29.0 Å². The molecule has 0 bridgehead atoms. The summed E-state index contributed by atoms with van der Waals surface area (Å²) in [6.45, 7) is 4.50. The predicted molar refractivity (Wildman–Crippen MR) is 64.5 cm³/mol. The molecule has 0 aliphatic rings. The number of phenols is 1. The van der Waals surface area contributed by atoms with Crippen LogP contribution in [0.1, 0.15) is 24.2 Å². The van der Waals surface area contributed by atoms with Gasteiger partial charge in [-0.1, -0.05) is 12.1 Å². The van der Waals surface area contributed by atoms with Gasteiger partial charge in [-0.2, -0.15) is 5.26 Å². The third-order valence-electron chi connectivity index (χ3n) is 2.52. The van der Waals surface area contributed by atoms with Crippen molar-refractivity contribution in [2.45, 2.75) is 13.8 Å². The lowest BCUT2D eigenvalue weighted by Gasteiger charge is -2.22. The van der Waals surface area contributed by atoms with Gasteiger partial charge in [0, 0.05) is 13.1 Å². The van der Waals surface area contributed by atoms with Gasteiger partial charge in [0.15, 0.2) is 0 Å². The number of hydrogen-bond donors (Lipinski definition) is 1. The number of carbonyl (C=O) groups excluding carboxylic acids is 1. The maximum absolute atomic E-state index is 12.1. The standard InChI is InChI=1S/C13H16N2O2/c1-3-15(9-10(2)8-14)13(17)11-6-4-5-7-12(11)16/h4-7,10,16H,3,9H2,1-2H3. The maximum Gasteiger partial charge on any atom is 0.257 e. The SMILES string of the molecule is CCN(CC(C)C#N)C(=O)c1ccccc1O. The van der Waals surface area contributed by atoms with Crippen LogP contribution in [0.15, 0.2) is 24.3 Å². The van der Waals surface area contributed by atoms with Crippen LogP contribution in [0.3, 0.4) is 0 Å². The summed E-state index contributed by atoms with van der Waals surface area (Å²) in [4.78, 5) is 13.7. The van der Waals surface area contributed by atoms with Crippen LogP contribution in [0.5, 0.6) is 5.75 Å². The Morgan fingerprint density at radius 1 is 1.53 bits per heavy atom. The number of rotatable bonds is 4. The van der Waals surface area contributed by atoms with Crippen LogP contribution in [0.2, 0.25) is 0 Å². The normalized spacial score (nSPS) is 11.6. The highest BCUT2D eigenvalue weighted by Gasteiger charge is 2.18. The van der Waals surface area contributed by atoms with Crippen molar-refractivity contribution in [1.29, 1.82) is 5.26 Å². The molecular formula is C13H16N2O2. The van der Waals surface area contributed by atoms with Crippen molar-refractivity contribution < 1.29 is 9.90 Å². The summed E-state index contributed by atoms with van der Waals surface area (Å²) in [6, 6.07) is 8.53. The molecule has 0 saturated heterocycles. The molecule has 4 nitrogen and oxygen atoms in total. The second kappa shape index (κ2) is 5.90. The molecule has 1 atom stereocenters. The molecule has 1 aromatic rings. The lowest BCUT2D eigenvalue weighted by atomic mass is 10.1. The molecule has 0 fully saturated rings. The largest absolute Gasteiger partial charge is 0.507 e. The third-order valence-corrected chi connectivity index (χ3v) is 2.52. The first-order valence-electron chi connectivity index (χ1n) is 5.57. The molecule has 1 aromatic carbocycles. The summed E-state index contributed by atoms with van der Waals surface area (Å²) < 4.78 is 0. The van der Waals surface area contributed by atoms with Crippen LogP contribution >= 0.6 is 0 Å². The number of hydrogen-bond acceptors (Lipinski definition) is 3. The van der Waals surface area contributed by atoms with E-state index in [1.54, 1.807) is 30.0 Å². The number of carbonyl (C=O) groups is 1. The average molecular weight is 232 g/mol. The van der Waals surface area contributed by atoms with Crippen molar-refractivity contribution >= 4 is 5.91 Å². The second-order valence-corrected chi connectivity index (χ2v) is 3.89. The first-order chi connectivity index (χ1) is 8.10. The van der Waals surface area contributed by atoms with Crippen molar-refractivity contribution in [3.05, 3.63) is 29.8 Å². The minimum Gasteiger partial charge on any atom is -0.507 e. The highest BCUT2D eigenvalue weighted by Crippen LogP contribution is 2.18. The Morgan fingerprint density at radius 3 is 2.71 bits per heavy atom. The number of phenolic OH excluding ortho intramolecular Hbond substituents is 1. The van der Waals surface area contributed by atoms with E-state index < -0.39 is 0 Å². The fourth-order valence-corrected chi connectivity index (χ4v) is 1.55. The quantitative estimate of drug-likeness (QED) is 0.863. The van der Waals surface area contributed by atoms with Gasteiger partial charge in [0.05, 0.1) is 17.6 Å². The second-order valence-electron chi connectivity index (χ2n) is 3.89. The topological polar surface area (TPSA) is 64.3 Å². The molecule has 0 heterocycles. The van der Waals surface area contributed by atoms with Gasteiger partial charge in [-0.25, -0.2) is 0 Å². The van der Waals surface area contributed by atoms with Crippen LogP contribution in [-0.2, 0) is 0 Å². The summed E-state index contributed by atoms with van der Waals surface area (Å²) >= 11 is 0. The molecule has 0 aliphatic heterocycles. The van der Waals surface area contributed by atoms with Gasteiger partial charge in [-0.15, -0.1) is 0 Å². The van der Waals surface area contributed by atoms with E-state index in [9.17, 15) is 9.90 Å². The molecule has 0 spiro atoms. The Hall–Kier alpha value is -2.02. The Kier molecular flexibility index (Phi) is 4.53. The zero-order valence-corrected chi connectivity index (χ0v) is 10.1. The summed E-state index contributed by atoms with van der Waals surface area (Å²) in [5.74, 6) is -0.488. The number of nitriles is 1. The van der Waals surface area contributed by atoms with Gasteiger partial charge in [0.1, 0.15) is 5.75 Å². The summed E-state index contributed by atoms with van der Waals surface area (Å²) in [5, 5.41) is 18.4. The van der Waals surface area contributed by atoms with E-state index in [4.69, 9.17) is 5.26 Å². The van der Waals surface area contributed by atoms with Crippen LogP contribution in [0.25, 0.3) is 0 Å². The molecule has 0 aromatic heterocycles. The van der Waals surface area contributed by atoms with Crippen LogP contribution < -0.4 is 0 Å². The number of aromatic hydroxyl groups is 1. The van der Waals surface area contributed by atoms with Crippen LogP contribution in [0.4, 0.5) is 0 Å². The Balaban J connectivity index is 2.88. The molecule has 90 valence electrons. The molecule has 1 rings (SSSR count). The minimum atomic E-state index is -0.243. The molecule has 17 heavy (non-hydrogen) atoms. The molecule has 1 N–H and O–H groups in total. The van der Waals surface area contributed by atoms with Gasteiger partial charge in [-0.05, 0) is 26.0 Å². The lowest BCUT2D eigenvalue weighted by molar-refractivity contribution is 0.0749. The summed E-state index contributed by atoms with van der Waals surface area (Å²) in [6.07, 6.45) is 0. The molecule has 0 radical (unpaired) electrons. The van der Waals surface area contributed by atoms with E-state index in [1.807, 2.05) is 6.92 Å². The van der Waals surface area contributed by atoms with E-state index in [0.717, 1.165) is 0 Å². The highest BCUT2D eigenvalue weighted by atomic mass is 16.3. The van der Waals surface area contributed by atoms with Gasteiger partial charge in [0.2, 0.25) is 0 Å². The third kappa shape index (κ3) is 3.22. The van der Waals surface area contributed by atoms with Gasteiger partial charge < -0.3 is 10.0 Å². The van der Waals surface area contributed by atoms with Crippen molar-refractivity contribution in [3.63, 3.8) is 0 Å². The predicted octanol–water partition coefficient (Wildman–Crippen LogP) is 2.01. The number of benzene rings is 1. The van der Waals surface area contributed by atoms with Crippen molar-refractivity contribution in [1.82, 2.24) is 4.90 Å². The average Bonchev–Trinajstić information content (AvgIpc) is 2.35. The molecule has 1 amide bonds. The van der Waals surface area contributed by atoms with Crippen molar-refractivity contribution in [2.24, 2.45) is 5.92 Å². The van der Waals surface area contributed by atoms with Gasteiger partial charge >= 0.3 is 0 Å². The fraction of sp³-hybridized carbons (Fsp3) is 0.385. The van der Waals surface area contributed by atoms with Gasteiger partial charge in [0.25, 0.3) is 5.91 Å². The van der Waals surface area contributed by atoms with Crippen LogP contribution in [0, 0.1) is 17.2 Å². The smallest absolute Gasteiger partial charge is 0.257 e. The van der Waals surface area contributed by atoms with E-state index >= 15 is 0 Å². The first-order valence-corrected chi connectivity index (χ1v) is 5.57. The Morgan fingerprint density at radius 2 is 2.18 bits per heavy atom. The molecule has 0 saturated carbocycles. The maximum atomic E-state index is 12.1. The molecule has 1 unspecified atom stereocenters. The molecule has 4 heteroatoms. The van der Waals surface area contributed by atoms with E-state index in [1.165, 1.54) is 6.07 Å². The number of amides is 1. The fourth-order valence-electron chi connectivity index (χ4n) is 1.55. The van der Waals surface area contributed by atoms with Crippen molar-refractivity contribution in [3.8, 4) is 11.8 Å². The number of para-hydroxylation sites is 1. The Labute approximate surface area is 101 Å². The lowest BCUT2D eigenvalue weighted by Crippen LogP contribution is -2.34. The van der Waals surface area contributed by atoms with Gasteiger partial charge in [-0.3, -0.25) is 4.79 Å². The summed E-state index contributed by atoms with van der Waals surface area (Å²) in [5.41, 5.74) is 0.277. The molecular weight excluding hydrogens is 216 g/mol. The van der Waals surface area contributed by atoms with E-state index in [-0.39, 0.29) is 23.1 Å². The first kappa shape index (κ1) is 13.0. The number of nitrogens with zero attached hydrogens (tertiary/aromatic N) is 2. The van der Waals surface area contributed by atoms with E-state index in [2.05, 4.69) is 6.07 Å². The minimum absolute atomic E-state index is 0.0273. The zero-order chi connectivity index (χ0) is 12.8. The highest BCUT2D eigenvalue weighted by molar-refractivity contribution is 5.96. The van der Waals surface area contributed by atoms with E-state index in [0.29, 0.717) is 13.1 Å². The zero-order valence-electron chi connectivity index (χ0n) is 10.1. The monoisotopic (exact) mass is 232 g/mol. The Bertz CT molecular complexity index is 437.